The van der Waals surface area contributed by atoms with Crippen molar-refractivity contribution in [3.05, 3.63) is 94.0 Å². The van der Waals surface area contributed by atoms with Crippen molar-refractivity contribution < 1.29 is 9.53 Å². The van der Waals surface area contributed by atoms with Gasteiger partial charge in [-0.1, -0.05) is 68.8 Å². The van der Waals surface area contributed by atoms with Gasteiger partial charge in [0.2, 0.25) is 0 Å². The van der Waals surface area contributed by atoms with Gasteiger partial charge < -0.3 is 14.5 Å². The molecule has 5 heteroatoms. The Kier molecular flexibility index (Phi) is 6.58. The number of fused-ring (bicyclic) bond motifs is 1. The van der Waals surface area contributed by atoms with Crippen molar-refractivity contribution in [3.63, 3.8) is 0 Å². The fourth-order valence-corrected chi connectivity index (χ4v) is 6.08. The molecule has 0 aromatic heterocycles. The second kappa shape index (κ2) is 9.61. The van der Waals surface area contributed by atoms with Crippen LogP contribution < -0.4 is 9.64 Å². The van der Waals surface area contributed by atoms with Crippen molar-refractivity contribution in [3.8, 4) is 5.75 Å². The number of carbonyl (C=O) groups is 1. The Bertz CT molecular complexity index is 1380. The first-order valence-corrected chi connectivity index (χ1v) is 13.6. The smallest absolute Gasteiger partial charge is 0.182 e. The number of amidine groups is 1. The lowest BCUT2D eigenvalue weighted by Gasteiger charge is -2.37. The van der Waals surface area contributed by atoms with E-state index in [-0.39, 0.29) is 17.7 Å². The number of benzene rings is 3. The van der Waals surface area contributed by atoms with Crippen molar-refractivity contribution >= 4 is 17.3 Å². The number of methoxy groups -OCH3 is 1. The van der Waals surface area contributed by atoms with Crippen molar-refractivity contribution in [2.24, 2.45) is 0 Å². The van der Waals surface area contributed by atoms with Crippen LogP contribution in [0.2, 0.25) is 0 Å². The summed E-state index contributed by atoms with van der Waals surface area (Å²) in [5.74, 6) is 1.27. The molecule has 1 atom stereocenters. The fourth-order valence-electron chi connectivity index (χ4n) is 6.08. The molecule has 2 heterocycles. The summed E-state index contributed by atoms with van der Waals surface area (Å²) in [6.45, 7) is 12.7. The normalized spacial score (nSPS) is 19.2. The summed E-state index contributed by atoms with van der Waals surface area (Å²) in [6.07, 6.45) is 2.29. The third-order valence-electron chi connectivity index (χ3n) is 8.25. The average Bonchev–Trinajstić information content (AvgIpc) is 3.51. The predicted octanol–water partition coefficient (Wildman–Crippen LogP) is 6.69. The fraction of sp³-hybridized carbons (Fsp3) is 0.394. The van der Waals surface area contributed by atoms with Gasteiger partial charge in [0.1, 0.15) is 11.6 Å². The summed E-state index contributed by atoms with van der Waals surface area (Å²) in [5, 5.41) is 9.17. The van der Waals surface area contributed by atoms with E-state index < -0.39 is 5.54 Å². The lowest BCUT2D eigenvalue weighted by molar-refractivity contribution is 0.0930. The molecule has 2 aliphatic rings. The molecule has 0 spiro atoms. The zero-order valence-corrected chi connectivity index (χ0v) is 23.5. The molecule has 38 heavy (non-hydrogen) atoms. The van der Waals surface area contributed by atoms with Crippen LogP contribution in [0.1, 0.15) is 78.7 Å². The Balaban J connectivity index is 1.59. The molecule has 1 fully saturated rings. The van der Waals surface area contributed by atoms with Crippen LogP contribution in [-0.2, 0) is 11.0 Å². The number of carbonyl (C=O) groups excluding carboxylic acids is 1. The van der Waals surface area contributed by atoms with Gasteiger partial charge in [0, 0.05) is 29.8 Å². The molecular weight excluding hydrogens is 470 g/mol. The summed E-state index contributed by atoms with van der Waals surface area (Å²) >= 11 is 0. The maximum atomic E-state index is 14.1. The molecule has 3 aromatic carbocycles. The Morgan fingerprint density at radius 2 is 1.71 bits per heavy atom. The molecule has 1 unspecified atom stereocenters. The lowest BCUT2D eigenvalue weighted by atomic mass is 9.83. The predicted molar refractivity (Wildman–Crippen MR) is 155 cm³/mol. The van der Waals surface area contributed by atoms with Crippen LogP contribution >= 0.6 is 0 Å². The van der Waals surface area contributed by atoms with Gasteiger partial charge in [0.15, 0.2) is 5.78 Å². The van der Waals surface area contributed by atoms with Gasteiger partial charge in [0.05, 0.1) is 24.9 Å². The van der Waals surface area contributed by atoms with Gasteiger partial charge in [-0.2, -0.15) is 0 Å². The highest BCUT2D eigenvalue weighted by molar-refractivity contribution is 6.07. The molecule has 0 radical (unpaired) electrons. The molecule has 0 amide bonds. The second-order valence-electron chi connectivity index (χ2n) is 11.9. The molecule has 0 saturated carbocycles. The van der Waals surface area contributed by atoms with Gasteiger partial charge in [-0.05, 0) is 61.4 Å². The van der Waals surface area contributed by atoms with E-state index in [1.807, 2.05) is 42.2 Å². The van der Waals surface area contributed by atoms with E-state index in [4.69, 9.17) is 4.74 Å². The van der Waals surface area contributed by atoms with Crippen LogP contribution in [0, 0.1) is 12.3 Å². The van der Waals surface area contributed by atoms with Gasteiger partial charge in [-0.3, -0.25) is 10.2 Å². The number of ether oxygens (including phenoxy) is 1. The summed E-state index contributed by atoms with van der Waals surface area (Å²) in [5.41, 5.74) is 6.04. The molecular formula is C33H39N3O2. The highest BCUT2D eigenvalue weighted by Crippen LogP contribution is 2.45. The molecule has 0 bridgehead atoms. The first-order valence-electron chi connectivity index (χ1n) is 13.6. The van der Waals surface area contributed by atoms with Crippen molar-refractivity contribution in [2.75, 3.05) is 31.6 Å². The summed E-state index contributed by atoms with van der Waals surface area (Å²) < 4.78 is 5.95. The van der Waals surface area contributed by atoms with Crippen molar-refractivity contribution in [1.82, 2.24) is 4.90 Å². The Morgan fingerprint density at radius 1 is 1.03 bits per heavy atom. The number of Topliss-reactive ketones (excluding diaryl/α,β-unsaturated/α-hetero) is 1. The Labute approximate surface area is 226 Å². The molecule has 3 aromatic rings. The lowest BCUT2D eigenvalue weighted by Crippen LogP contribution is -2.45. The topological polar surface area (TPSA) is 56.6 Å². The zero-order chi connectivity index (χ0) is 27.2. The van der Waals surface area contributed by atoms with E-state index in [1.54, 1.807) is 7.11 Å². The van der Waals surface area contributed by atoms with Gasteiger partial charge in [0.25, 0.3) is 0 Å². The van der Waals surface area contributed by atoms with Crippen molar-refractivity contribution in [1.29, 1.82) is 5.41 Å². The third-order valence-corrected chi connectivity index (χ3v) is 8.25. The minimum absolute atomic E-state index is 0.00929. The Morgan fingerprint density at radius 3 is 2.34 bits per heavy atom. The first-order chi connectivity index (χ1) is 18.1. The van der Waals surface area contributed by atoms with E-state index >= 15 is 0 Å². The molecule has 5 nitrogen and oxygen atoms in total. The van der Waals surface area contributed by atoms with E-state index in [0.29, 0.717) is 11.4 Å². The zero-order valence-electron chi connectivity index (χ0n) is 23.5. The number of nitrogens with one attached hydrogen (secondary N) is 1. The van der Waals surface area contributed by atoms with Crippen LogP contribution in [0.25, 0.3) is 0 Å². The van der Waals surface area contributed by atoms with E-state index in [1.165, 1.54) is 0 Å². The molecule has 1 N–H and O–H groups in total. The van der Waals surface area contributed by atoms with E-state index in [2.05, 4.69) is 62.9 Å². The van der Waals surface area contributed by atoms with Crippen LogP contribution in [0.3, 0.4) is 0 Å². The number of nitrogens with zero attached hydrogens (tertiary/aromatic N) is 2. The maximum Gasteiger partial charge on any atom is 0.182 e. The number of hydrogen-bond donors (Lipinski definition) is 1. The van der Waals surface area contributed by atoms with Crippen LogP contribution in [-0.4, -0.2) is 43.3 Å². The SMILES string of the molecule is COc1c(N2CCCC2)cc(C(=O)CN2C(=N)c3cc(C)ccc3C2(C)c2ccccc2)cc1C(C)(C)C. The van der Waals surface area contributed by atoms with E-state index in [0.717, 1.165) is 65.2 Å². The highest BCUT2D eigenvalue weighted by Gasteiger charge is 2.46. The molecule has 198 valence electrons. The van der Waals surface area contributed by atoms with Crippen LogP contribution in [0.15, 0.2) is 60.7 Å². The standard InChI is InChI=1S/C33H39N3O2/c1-22-14-15-26-25(18-22)31(34)36(33(26,5)24-12-8-7-9-13-24)21-29(37)23-19-27(32(2,3)4)30(38-6)28(20-23)35-16-10-11-17-35/h7-9,12-15,18-20,34H,10-11,16-17,21H2,1-6H3. The number of rotatable bonds is 6. The Hall–Kier alpha value is -3.60. The number of anilines is 1. The minimum Gasteiger partial charge on any atom is -0.494 e. The summed E-state index contributed by atoms with van der Waals surface area (Å²) in [4.78, 5) is 18.5. The van der Waals surface area contributed by atoms with Crippen molar-refractivity contribution in [2.45, 2.75) is 58.4 Å². The molecule has 2 aliphatic heterocycles. The number of aryl methyl sites for hydroxylation is 1. The molecule has 0 aliphatic carbocycles. The third kappa shape index (κ3) is 4.28. The van der Waals surface area contributed by atoms with Gasteiger partial charge in [-0.15, -0.1) is 0 Å². The molecule has 5 rings (SSSR count). The second-order valence-corrected chi connectivity index (χ2v) is 11.9. The quantitative estimate of drug-likeness (QED) is 0.376. The summed E-state index contributed by atoms with van der Waals surface area (Å²) in [7, 11) is 1.72. The largest absolute Gasteiger partial charge is 0.494 e. The number of ketones is 1. The van der Waals surface area contributed by atoms with Gasteiger partial charge >= 0.3 is 0 Å². The highest BCUT2D eigenvalue weighted by atomic mass is 16.5. The first kappa shape index (κ1) is 26.0. The maximum absolute atomic E-state index is 14.1. The monoisotopic (exact) mass is 509 g/mol. The van der Waals surface area contributed by atoms with Crippen LogP contribution in [0.5, 0.6) is 5.75 Å². The van der Waals surface area contributed by atoms with Crippen LogP contribution in [0.4, 0.5) is 5.69 Å². The summed E-state index contributed by atoms with van der Waals surface area (Å²) in [6, 6.07) is 20.6. The average molecular weight is 510 g/mol. The molecule has 1 saturated heterocycles. The minimum atomic E-state index is -0.617. The van der Waals surface area contributed by atoms with E-state index in [9.17, 15) is 10.2 Å². The van der Waals surface area contributed by atoms with Gasteiger partial charge in [-0.25, -0.2) is 0 Å². The number of hydrogen-bond acceptors (Lipinski definition) is 4.